The maximum atomic E-state index is 12.7. The first-order valence-corrected chi connectivity index (χ1v) is 3.62. The Bertz CT molecular complexity index is 470. The number of aromatic nitrogens is 1. The molecule has 1 N–H and O–H groups in total. The number of hydrogen-bond acceptors (Lipinski definition) is 2. The van der Waals surface area contributed by atoms with E-state index >= 15 is 0 Å². The number of fused-ring (bicyclic) bond motifs is 1. The van der Waals surface area contributed by atoms with E-state index in [0.29, 0.717) is 0 Å². The first-order chi connectivity index (χ1) is 6.18. The molecule has 4 heteroatoms. The fourth-order valence-corrected chi connectivity index (χ4v) is 1.13. The third-order valence-corrected chi connectivity index (χ3v) is 1.75. The van der Waals surface area contributed by atoms with Crippen LogP contribution in [0.1, 0.15) is 0 Å². The molecule has 0 saturated carbocycles. The highest BCUT2D eigenvalue weighted by Gasteiger charge is 2.07. The third kappa shape index (κ3) is 1.20. The molecule has 1 aromatic heterocycles. The van der Waals surface area contributed by atoms with Crippen LogP contribution in [0.3, 0.4) is 0 Å². The van der Waals surface area contributed by atoms with Crippen molar-refractivity contribution in [3.8, 4) is 5.75 Å². The standard InChI is InChI=1S/C9H5F2NO/c10-6-4-5-7(12-9(6)11)2-1-3-8(5)13/h1-4,13H. The van der Waals surface area contributed by atoms with Crippen molar-refractivity contribution in [1.82, 2.24) is 4.98 Å². The zero-order valence-electron chi connectivity index (χ0n) is 6.46. The van der Waals surface area contributed by atoms with Gasteiger partial charge in [-0.1, -0.05) is 6.07 Å². The average molecular weight is 181 g/mol. The van der Waals surface area contributed by atoms with Crippen LogP contribution in [0.25, 0.3) is 10.9 Å². The average Bonchev–Trinajstić information content (AvgIpc) is 2.09. The summed E-state index contributed by atoms with van der Waals surface area (Å²) in [4.78, 5) is 3.33. The Balaban J connectivity index is 2.89. The summed E-state index contributed by atoms with van der Waals surface area (Å²) in [6.45, 7) is 0. The van der Waals surface area contributed by atoms with E-state index in [4.69, 9.17) is 0 Å². The summed E-state index contributed by atoms with van der Waals surface area (Å²) >= 11 is 0. The van der Waals surface area contributed by atoms with Gasteiger partial charge < -0.3 is 5.11 Å². The van der Waals surface area contributed by atoms with Crippen LogP contribution in [-0.4, -0.2) is 10.1 Å². The molecule has 1 aromatic carbocycles. The molecule has 0 aliphatic carbocycles. The number of phenolic OH excluding ortho intramolecular Hbond substituents is 1. The molecule has 0 atom stereocenters. The minimum atomic E-state index is -1.15. The lowest BCUT2D eigenvalue weighted by atomic mass is 10.2. The number of pyridine rings is 1. The van der Waals surface area contributed by atoms with Crippen LogP contribution in [0.2, 0.25) is 0 Å². The van der Waals surface area contributed by atoms with Gasteiger partial charge in [0.1, 0.15) is 5.75 Å². The number of halogens is 2. The largest absolute Gasteiger partial charge is 0.507 e. The fourth-order valence-electron chi connectivity index (χ4n) is 1.13. The highest BCUT2D eigenvalue weighted by Crippen LogP contribution is 2.23. The van der Waals surface area contributed by atoms with Crippen molar-refractivity contribution >= 4 is 10.9 Å². The van der Waals surface area contributed by atoms with E-state index in [0.717, 1.165) is 6.07 Å². The van der Waals surface area contributed by atoms with Gasteiger partial charge in [0.05, 0.1) is 5.52 Å². The fraction of sp³-hybridized carbons (Fsp3) is 0. The van der Waals surface area contributed by atoms with Crippen LogP contribution >= 0.6 is 0 Å². The van der Waals surface area contributed by atoms with Crippen LogP contribution in [0.4, 0.5) is 8.78 Å². The van der Waals surface area contributed by atoms with Crippen molar-refractivity contribution in [3.05, 3.63) is 36.0 Å². The van der Waals surface area contributed by atoms with Gasteiger partial charge in [-0.05, 0) is 18.2 Å². The number of hydrogen-bond donors (Lipinski definition) is 1. The predicted molar refractivity (Wildman–Crippen MR) is 43.3 cm³/mol. The Morgan fingerprint density at radius 2 is 2.00 bits per heavy atom. The molecule has 0 radical (unpaired) electrons. The van der Waals surface area contributed by atoms with Crippen LogP contribution in [0.15, 0.2) is 24.3 Å². The summed E-state index contributed by atoms with van der Waals surface area (Å²) in [6, 6.07) is 5.33. The molecule has 0 fully saturated rings. The minimum Gasteiger partial charge on any atom is -0.507 e. The molecule has 0 bridgehead atoms. The maximum Gasteiger partial charge on any atom is 0.249 e. The number of aromatic hydroxyl groups is 1. The molecule has 0 unspecified atom stereocenters. The van der Waals surface area contributed by atoms with E-state index in [-0.39, 0.29) is 16.7 Å². The highest BCUT2D eigenvalue weighted by atomic mass is 19.2. The van der Waals surface area contributed by atoms with Gasteiger partial charge in [0.2, 0.25) is 5.95 Å². The molecule has 2 aromatic rings. The van der Waals surface area contributed by atoms with Crippen molar-refractivity contribution in [1.29, 1.82) is 0 Å². The van der Waals surface area contributed by atoms with E-state index in [1.54, 1.807) is 0 Å². The molecule has 2 nitrogen and oxygen atoms in total. The van der Waals surface area contributed by atoms with Crippen LogP contribution < -0.4 is 0 Å². The lowest BCUT2D eigenvalue weighted by Gasteiger charge is -1.99. The SMILES string of the molecule is Oc1cccc2nc(F)c(F)cc12. The van der Waals surface area contributed by atoms with Gasteiger partial charge in [-0.15, -0.1) is 0 Å². The summed E-state index contributed by atoms with van der Waals surface area (Å²) in [6.07, 6.45) is 0. The molecule has 0 amide bonds. The summed E-state index contributed by atoms with van der Waals surface area (Å²) in [5, 5.41) is 9.47. The van der Waals surface area contributed by atoms with Crippen molar-refractivity contribution in [3.63, 3.8) is 0 Å². The maximum absolute atomic E-state index is 12.7. The summed E-state index contributed by atoms with van der Waals surface area (Å²) in [5.74, 6) is -2.32. The molecule has 1 heterocycles. The quantitative estimate of drug-likeness (QED) is 0.632. The summed E-state index contributed by atoms with van der Waals surface area (Å²) in [7, 11) is 0. The zero-order valence-corrected chi connectivity index (χ0v) is 6.46. The molecule has 0 aliphatic heterocycles. The number of phenols is 1. The van der Waals surface area contributed by atoms with Gasteiger partial charge in [0.25, 0.3) is 0 Å². The lowest BCUT2D eigenvalue weighted by molar-refractivity contribution is 0.473. The number of benzene rings is 1. The first kappa shape index (κ1) is 7.91. The number of rotatable bonds is 0. The van der Waals surface area contributed by atoms with Crippen LogP contribution in [0.5, 0.6) is 5.75 Å². The molecule has 0 saturated heterocycles. The topological polar surface area (TPSA) is 33.1 Å². The molecule has 2 rings (SSSR count). The second kappa shape index (κ2) is 2.65. The van der Waals surface area contributed by atoms with Gasteiger partial charge in [-0.25, -0.2) is 9.37 Å². The Kier molecular flexibility index (Phi) is 1.62. The predicted octanol–water partition coefficient (Wildman–Crippen LogP) is 2.22. The molecular formula is C9H5F2NO. The molecule has 0 spiro atoms. The van der Waals surface area contributed by atoms with Gasteiger partial charge >= 0.3 is 0 Å². The van der Waals surface area contributed by atoms with Gasteiger partial charge in [0.15, 0.2) is 5.82 Å². The number of nitrogens with zero attached hydrogens (tertiary/aromatic N) is 1. The smallest absolute Gasteiger partial charge is 0.249 e. The zero-order chi connectivity index (χ0) is 9.42. The second-order valence-corrected chi connectivity index (χ2v) is 2.60. The Morgan fingerprint density at radius 3 is 2.77 bits per heavy atom. The molecular weight excluding hydrogens is 176 g/mol. The Hall–Kier alpha value is -1.71. The molecule has 13 heavy (non-hydrogen) atoms. The Labute approximate surface area is 72.5 Å². The van der Waals surface area contributed by atoms with Crippen molar-refractivity contribution < 1.29 is 13.9 Å². The lowest BCUT2D eigenvalue weighted by Crippen LogP contribution is -1.90. The van der Waals surface area contributed by atoms with Crippen molar-refractivity contribution in [2.24, 2.45) is 0 Å². The van der Waals surface area contributed by atoms with Crippen LogP contribution in [-0.2, 0) is 0 Å². The van der Waals surface area contributed by atoms with Gasteiger partial charge in [-0.2, -0.15) is 4.39 Å². The van der Waals surface area contributed by atoms with Crippen LogP contribution in [0, 0.1) is 11.8 Å². The van der Waals surface area contributed by atoms with E-state index in [2.05, 4.69) is 4.98 Å². The van der Waals surface area contributed by atoms with Crippen molar-refractivity contribution in [2.45, 2.75) is 0 Å². The monoisotopic (exact) mass is 181 g/mol. The third-order valence-electron chi connectivity index (χ3n) is 1.75. The molecule has 66 valence electrons. The highest BCUT2D eigenvalue weighted by molar-refractivity contribution is 5.84. The normalized spacial score (nSPS) is 10.6. The van der Waals surface area contributed by atoms with E-state index < -0.39 is 11.8 Å². The second-order valence-electron chi connectivity index (χ2n) is 2.60. The van der Waals surface area contributed by atoms with Gasteiger partial charge in [0, 0.05) is 5.39 Å². The summed E-state index contributed by atoms with van der Waals surface area (Å²) in [5.41, 5.74) is 0.235. The summed E-state index contributed by atoms with van der Waals surface area (Å²) < 4.78 is 25.3. The van der Waals surface area contributed by atoms with Crippen molar-refractivity contribution in [2.75, 3.05) is 0 Å². The van der Waals surface area contributed by atoms with Gasteiger partial charge in [-0.3, -0.25) is 0 Å². The Morgan fingerprint density at radius 1 is 1.23 bits per heavy atom. The van der Waals surface area contributed by atoms with E-state index in [1.807, 2.05) is 0 Å². The minimum absolute atomic E-state index is 0.107. The van der Waals surface area contributed by atoms with E-state index in [9.17, 15) is 13.9 Å². The van der Waals surface area contributed by atoms with E-state index in [1.165, 1.54) is 18.2 Å². The molecule has 0 aliphatic rings. The first-order valence-electron chi connectivity index (χ1n) is 3.62.